The number of imidazole rings is 1. The van der Waals surface area contributed by atoms with Crippen LogP contribution in [0.3, 0.4) is 0 Å². The summed E-state index contributed by atoms with van der Waals surface area (Å²) < 4.78 is 0. The second-order valence-corrected chi connectivity index (χ2v) is 5.40. The summed E-state index contributed by atoms with van der Waals surface area (Å²) in [5, 5.41) is 0.839. The minimum Gasteiger partial charge on any atom is -0.333 e. The van der Waals surface area contributed by atoms with Gasteiger partial charge in [0.25, 0.3) is 0 Å². The Balaban J connectivity index is 1.80. The van der Waals surface area contributed by atoms with Crippen molar-refractivity contribution in [3.63, 3.8) is 0 Å². The Morgan fingerprint density at radius 3 is 2.95 bits per heavy atom. The van der Waals surface area contributed by atoms with Gasteiger partial charge < -0.3 is 4.98 Å². The van der Waals surface area contributed by atoms with E-state index in [-0.39, 0.29) is 5.78 Å². The second kappa shape index (κ2) is 5.46. The minimum absolute atomic E-state index is 0.0533. The molecule has 0 unspecified atom stereocenters. The van der Waals surface area contributed by atoms with Crippen LogP contribution in [0, 0.1) is 0 Å². The molecule has 0 aliphatic heterocycles. The van der Waals surface area contributed by atoms with Gasteiger partial charge in [0.15, 0.2) is 10.9 Å². The fraction of sp³-hybridized carbons (Fsp3) is 0.133. The molecule has 0 fully saturated rings. The summed E-state index contributed by atoms with van der Waals surface area (Å²) in [5.41, 5.74) is 3.47. The number of ketones is 1. The van der Waals surface area contributed by atoms with Crippen molar-refractivity contribution in [3.05, 3.63) is 53.9 Å². The Labute approximate surface area is 120 Å². The maximum absolute atomic E-state index is 11.4. The number of H-pyrrole nitrogens is 1. The number of nitrogens with zero attached hydrogens (tertiary/aromatic N) is 2. The highest BCUT2D eigenvalue weighted by atomic mass is 32.2. The normalized spacial score (nSPS) is 10.8. The van der Waals surface area contributed by atoms with Crippen molar-refractivity contribution in [2.24, 2.45) is 0 Å². The molecule has 4 nitrogen and oxygen atoms in total. The lowest BCUT2D eigenvalue weighted by Crippen LogP contribution is -1.90. The average Bonchev–Trinajstić information content (AvgIpc) is 2.88. The Morgan fingerprint density at radius 2 is 2.20 bits per heavy atom. The largest absolute Gasteiger partial charge is 0.333 e. The smallest absolute Gasteiger partial charge is 0.166 e. The molecule has 2 aromatic heterocycles. The van der Waals surface area contributed by atoms with Gasteiger partial charge in [-0.2, -0.15) is 0 Å². The fourth-order valence-electron chi connectivity index (χ4n) is 1.90. The highest BCUT2D eigenvalue weighted by Gasteiger charge is 2.07. The van der Waals surface area contributed by atoms with Crippen LogP contribution in [0.1, 0.15) is 23.0 Å². The molecular formula is C15H13N3OS. The second-order valence-electron chi connectivity index (χ2n) is 4.44. The topological polar surface area (TPSA) is 58.6 Å². The lowest BCUT2D eigenvalue weighted by Gasteiger charge is -1.96. The van der Waals surface area contributed by atoms with E-state index in [4.69, 9.17) is 0 Å². The molecule has 0 aliphatic carbocycles. The van der Waals surface area contributed by atoms with Crippen molar-refractivity contribution in [2.45, 2.75) is 17.8 Å². The summed E-state index contributed by atoms with van der Waals surface area (Å²) in [6, 6.07) is 11.4. The number of carbonyl (C=O) groups excluding carboxylic acids is 1. The first-order chi connectivity index (χ1) is 9.72. The zero-order valence-electron chi connectivity index (χ0n) is 11.0. The molecule has 0 saturated heterocycles. The first-order valence-corrected chi connectivity index (χ1v) is 7.24. The number of hydrogen-bond acceptors (Lipinski definition) is 4. The predicted octanol–water partition coefficient (Wildman–Crippen LogP) is 3.45. The van der Waals surface area contributed by atoms with Gasteiger partial charge in [-0.1, -0.05) is 17.8 Å². The Kier molecular flexibility index (Phi) is 3.52. The molecule has 100 valence electrons. The van der Waals surface area contributed by atoms with Gasteiger partial charge >= 0.3 is 0 Å². The number of rotatable bonds is 4. The van der Waals surface area contributed by atoms with Crippen molar-refractivity contribution in [1.82, 2.24) is 15.0 Å². The molecule has 0 saturated carbocycles. The van der Waals surface area contributed by atoms with Crippen molar-refractivity contribution in [1.29, 1.82) is 0 Å². The quantitative estimate of drug-likeness (QED) is 0.588. The molecular weight excluding hydrogens is 270 g/mol. The molecule has 0 atom stereocenters. The highest BCUT2D eigenvalue weighted by molar-refractivity contribution is 7.98. The number of aromatic nitrogens is 3. The Morgan fingerprint density at radius 1 is 1.30 bits per heavy atom. The Bertz CT molecular complexity index is 752. The van der Waals surface area contributed by atoms with E-state index < -0.39 is 0 Å². The number of benzene rings is 1. The third-order valence-electron chi connectivity index (χ3n) is 2.95. The highest BCUT2D eigenvalue weighted by Crippen LogP contribution is 2.23. The van der Waals surface area contributed by atoms with E-state index in [0.29, 0.717) is 5.56 Å². The van der Waals surface area contributed by atoms with Crippen LogP contribution >= 0.6 is 11.8 Å². The van der Waals surface area contributed by atoms with E-state index in [9.17, 15) is 4.79 Å². The maximum Gasteiger partial charge on any atom is 0.166 e. The lowest BCUT2D eigenvalue weighted by atomic mass is 10.1. The average molecular weight is 283 g/mol. The van der Waals surface area contributed by atoms with Crippen LogP contribution in [-0.2, 0) is 5.75 Å². The number of thioether (sulfide) groups is 1. The zero-order valence-corrected chi connectivity index (χ0v) is 11.8. The third-order valence-corrected chi connectivity index (χ3v) is 3.86. The summed E-state index contributed by atoms with van der Waals surface area (Å²) in [6.07, 6.45) is 1.79. The first kappa shape index (κ1) is 12.9. The molecule has 0 spiro atoms. The van der Waals surface area contributed by atoms with Crippen molar-refractivity contribution < 1.29 is 4.79 Å². The summed E-state index contributed by atoms with van der Waals surface area (Å²) in [4.78, 5) is 23.4. The van der Waals surface area contributed by atoms with Crippen LogP contribution in [0.2, 0.25) is 0 Å². The van der Waals surface area contributed by atoms with Gasteiger partial charge in [0.2, 0.25) is 0 Å². The molecule has 0 bridgehead atoms. The zero-order chi connectivity index (χ0) is 13.9. The molecule has 1 aromatic carbocycles. The number of aromatic amines is 1. The molecule has 0 radical (unpaired) electrons. The van der Waals surface area contributed by atoms with Crippen LogP contribution in [0.4, 0.5) is 0 Å². The molecule has 20 heavy (non-hydrogen) atoms. The summed E-state index contributed by atoms with van der Waals surface area (Å²) in [7, 11) is 0. The fourth-order valence-corrected chi connectivity index (χ4v) is 2.70. The predicted molar refractivity (Wildman–Crippen MR) is 79.9 cm³/mol. The SMILES string of the molecule is CC(=O)c1ccc2[nH]c(SCc3ccccn3)nc2c1. The molecule has 2 heterocycles. The monoisotopic (exact) mass is 283 g/mol. The van der Waals surface area contributed by atoms with Crippen LogP contribution in [0.25, 0.3) is 11.0 Å². The van der Waals surface area contributed by atoms with E-state index in [1.165, 1.54) is 0 Å². The van der Waals surface area contributed by atoms with Gasteiger partial charge in [0, 0.05) is 17.5 Å². The van der Waals surface area contributed by atoms with Crippen molar-refractivity contribution in [3.8, 4) is 0 Å². The Hall–Kier alpha value is -2.14. The van der Waals surface area contributed by atoms with Crippen LogP contribution in [0.15, 0.2) is 47.8 Å². The van der Waals surface area contributed by atoms with Gasteiger partial charge in [-0.25, -0.2) is 4.98 Å². The molecule has 3 rings (SSSR count). The summed E-state index contributed by atoms with van der Waals surface area (Å²) >= 11 is 1.60. The van der Waals surface area contributed by atoms with Crippen LogP contribution in [-0.4, -0.2) is 20.7 Å². The number of nitrogens with one attached hydrogen (secondary N) is 1. The molecule has 0 amide bonds. The van der Waals surface area contributed by atoms with Crippen LogP contribution < -0.4 is 0 Å². The maximum atomic E-state index is 11.4. The van der Waals surface area contributed by atoms with Gasteiger partial charge in [-0.05, 0) is 37.3 Å². The van der Waals surface area contributed by atoms with Gasteiger partial charge in [0.05, 0.1) is 16.7 Å². The van der Waals surface area contributed by atoms with Gasteiger partial charge in [-0.15, -0.1) is 0 Å². The molecule has 3 aromatic rings. The summed E-state index contributed by atoms with van der Waals surface area (Å²) in [5.74, 6) is 0.817. The number of fused-ring (bicyclic) bond motifs is 1. The van der Waals surface area contributed by atoms with E-state index in [2.05, 4.69) is 15.0 Å². The van der Waals surface area contributed by atoms with E-state index >= 15 is 0 Å². The van der Waals surface area contributed by atoms with Crippen molar-refractivity contribution in [2.75, 3.05) is 0 Å². The molecule has 0 aliphatic rings. The summed E-state index contributed by atoms with van der Waals surface area (Å²) in [6.45, 7) is 1.56. The number of hydrogen-bond donors (Lipinski definition) is 1. The van der Waals surface area contributed by atoms with Crippen LogP contribution in [0.5, 0.6) is 0 Å². The van der Waals surface area contributed by atoms with E-state index in [1.54, 1.807) is 24.9 Å². The minimum atomic E-state index is 0.0533. The number of pyridine rings is 1. The lowest BCUT2D eigenvalue weighted by molar-refractivity contribution is 0.101. The van der Waals surface area contributed by atoms with Gasteiger partial charge in [0.1, 0.15) is 0 Å². The van der Waals surface area contributed by atoms with E-state index in [0.717, 1.165) is 27.6 Å². The first-order valence-electron chi connectivity index (χ1n) is 6.26. The molecule has 1 N–H and O–H groups in total. The van der Waals surface area contributed by atoms with Gasteiger partial charge in [-0.3, -0.25) is 9.78 Å². The standard InChI is InChI=1S/C15H13N3OS/c1-10(19)11-5-6-13-14(8-11)18-15(17-13)20-9-12-4-2-3-7-16-12/h2-8H,9H2,1H3,(H,17,18). The number of carbonyl (C=O) groups is 1. The third kappa shape index (κ3) is 2.72. The van der Waals surface area contributed by atoms with E-state index in [1.807, 2.05) is 36.4 Å². The van der Waals surface area contributed by atoms with Crippen molar-refractivity contribution >= 4 is 28.6 Å². The molecule has 5 heteroatoms. The number of Topliss-reactive ketones (excluding diaryl/α,β-unsaturated/α-hetero) is 1.